The van der Waals surface area contributed by atoms with Crippen LogP contribution in [0.1, 0.15) is 11.3 Å². The number of hydrogen-bond acceptors (Lipinski definition) is 3. The van der Waals surface area contributed by atoms with E-state index in [1.807, 2.05) is 0 Å². The maximum atomic E-state index is 9.98. The molecule has 0 aliphatic rings. The van der Waals surface area contributed by atoms with Gasteiger partial charge in [-0.25, -0.2) is 0 Å². The van der Waals surface area contributed by atoms with Crippen molar-refractivity contribution in [3.8, 4) is 0 Å². The van der Waals surface area contributed by atoms with E-state index in [9.17, 15) is 10.1 Å². The fourth-order valence-electron chi connectivity index (χ4n) is 0.923. The number of hydrogen-bond donors (Lipinski definition) is 0. The minimum absolute atomic E-state index is 0.494. The van der Waals surface area contributed by atoms with Crippen LogP contribution in [-0.2, 0) is 7.05 Å². The molecular weight excluding hydrogens is 158 g/mol. The summed E-state index contributed by atoms with van der Waals surface area (Å²) in [4.78, 5) is 9.49. The lowest BCUT2D eigenvalue weighted by Crippen LogP contribution is -1.86. The van der Waals surface area contributed by atoms with Gasteiger partial charge in [0.15, 0.2) is 0 Å². The summed E-state index contributed by atoms with van der Waals surface area (Å²) in [6.07, 6.45) is 4.07. The van der Waals surface area contributed by atoms with Crippen LogP contribution in [0.4, 0.5) is 0 Å². The predicted molar refractivity (Wildman–Crippen MR) is 44.0 cm³/mol. The summed E-state index contributed by atoms with van der Waals surface area (Å²) in [5.41, 5.74) is 1.56. The van der Waals surface area contributed by atoms with Gasteiger partial charge in [0, 0.05) is 24.9 Å². The Morgan fingerprint density at radius 3 is 2.83 bits per heavy atom. The second-order valence-corrected chi connectivity index (χ2v) is 2.44. The van der Waals surface area contributed by atoms with Crippen molar-refractivity contribution in [2.24, 2.45) is 7.05 Å². The predicted octanol–water partition coefficient (Wildman–Crippen LogP) is 0.976. The van der Waals surface area contributed by atoms with E-state index >= 15 is 0 Å². The van der Waals surface area contributed by atoms with Crippen molar-refractivity contribution in [3.05, 3.63) is 33.8 Å². The molecule has 1 aromatic heterocycles. The lowest BCUT2D eigenvalue weighted by molar-refractivity contribution is -0.400. The van der Waals surface area contributed by atoms with Crippen LogP contribution in [-0.4, -0.2) is 14.7 Å². The summed E-state index contributed by atoms with van der Waals surface area (Å²) < 4.78 is 1.62. The van der Waals surface area contributed by atoms with E-state index in [0.29, 0.717) is 0 Å². The summed E-state index contributed by atoms with van der Waals surface area (Å²) in [6, 6.07) is 0. The van der Waals surface area contributed by atoms with Gasteiger partial charge >= 0.3 is 0 Å². The van der Waals surface area contributed by atoms with E-state index in [2.05, 4.69) is 5.10 Å². The molecule has 0 radical (unpaired) electrons. The molecular formula is C7H9N3O2. The minimum Gasteiger partial charge on any atom is -0.275 e. The molecule has 12 heavy (non-hydrogen) atoms. The first kappa shape index (κ1) is 8.45. The van der Waals surface area contributed by atoms with Gasteiger partial charge in [0.25, 0.3) is 0 Å². The van der Waals surface area contributed by atoms with Crippen LogP contribution in [0.3, 0.4) is 0 Å². The Balaban J connectivity index is 2.89. The van der Waals surface area contributed by atoms with Crippen LogP contribution in [0.5, 0.6) is 0 Å². The largest absolute Gasteiger partial charge is 0.275 e. The Hall–Kier alpha value is -1.65. The summed E-state index contributed by atoms with van der Waals surface area (Å²) in [7, 11) is 1.77. The van der Waals surface area contributed by atoms with Gasteiger partial charge in [0.1, 0.15) is 0 Å². The molecule has 0 saturated heterocycles. The molecule has 5 heteroatoms. The van der Waals surface area contributed by atoms with Crippen LogP contribution in [0.15, 0.2) is 12.4 Å². The number of aromatic nitrogens is 2. The van der Waals surface area contributed by atoms with Gasteiger partial charge in [-0.15, -0.1) is 0 Å². The van der Waals surface area contributed by atoms with Crippen molar-refractivity contribution < 1.29 is 4.92 Å². The van der Waals surface area contributed by atoms with E-state index in [4.69, 9.17) is 0 Å². The molecule has 1 aromatic rings. The van der Waals surface area contributed by atoms with Gasteiger partial charge in [-0.1, -0.05) is 0 Å². The van der Waals surface area contributed by atoms with Gasteiger partial charge in [0.05, 0.1) is 10.6 Å². The molecule has 64 valence electrons. The zero-order valence-electron chi connectivity index (χ0n) is 6.89. The first-order chi connectivity index (χ1) is 5.59. The fraction of sp³-hybridized carbons (Fsp3) is 0.286. The smallest absolute Gasteiger partial charge is 0.235 e. The average Bonchev–Trinajstić information content (AvgIpc) is 2.26. The summed E-state index contributed by atoms with van der Waals surface area (Å²) in [6.45, 7) is 1.81. The average molecular weight is 167 g/mol. The van der Waals surface area contributed by atoms with Crippen LogP contribution >= 0.6 is 0 Å². The molecule has 0 atom stereocenters. The molecule has 0 amide bonds. The third-order valence-corrected chi connectivity index (χ3v) is 1.43. The normalized spacial score (nSPS) is 10.8. The van der Waals surface area contributed by atoms with Crippen molar-refractivity contribution >= 4 is 6.08 Å². The Labute approximate surface area is 69.5 Å². The lowest BCUT2D eigenvalue weighted by atomic mass is 10.3. The number of aryl methyl sites for hydroxylation is 2. The van der Waals surface area contributed by atoms with E-state index in [1.54, 1.807) is 24.9 Å². The summed E-state index contributed by atoms with van der Waals surface area (Å²) >= 11 is 0. The Kier molecular flexibility index (Phi) is 2.23. The third-order valence-electron chi connectivity index (χ3n) is 1.43. The fourth-order valence-corrected chi connectivity index (χ4v) is 0.923. The van der Waals surface area contributed by atoms with E-state index in [0.717, 1.165) is 17.5 Å². The first-order valence-corrected chi connectivity index (χ1v) is 3.41. The van der Waals surface area contributed by atoms with Crippen LogP contribution in [0.25, 0.3) is 6.08 Å². The van der Waals surface area contributed by atoms with Gasteiger partial charge in [-0.05, 0) is 6.92 Å². The van der Waals surface area contributed by atoms with Gasteiger partial charge in [-0.3, -0.25) is 14.8 Å². The van der Waals surface area contributed by atoms with Crippen LogP contribution < -0.4 is 0 Å². The van der Waals surface area contributed by atoms with Crippen molar-refractivity contribution in [1.29, 1.82) is 0 Å². The Morgan fingerprint density at radius 1 is 1.75 bits per heavy atom. The van der Waals surface area contributed by atoms with Crippen molar-refractivity contribution in [3.63, 3.8) is 0 Å². The van der Waals surface area contributed by atoms with Crippen molar-refractivity contribution in [1.82, 2.24) is 9.78 Å². The highest BCUT2D eigenvalue weighted by atomic mass is 16.6. The Morgan fingerprint density at radius 2 is 2.42 bits per heavy atom. The zero-order chi connectivity index (χ0) is 9.14. The molecule has 0 bridgehead atoms. The molecule has 0 unspecified atom stereocenters. The highest BCUT2D eigenvalue weighted by Gasteiger charge is 1.99. The maximum absolute atomic E-state index is 9.98. The second-order valence-electron chi connectivity index (χ2n) is 2.44. The number of nitro groups is 1. The summed E-state index contributed by atoms with van der Waals surface area (Å²) in [5.74, 6) is 0. The van der Waals surface area contributed by atoms with Gasteiger partial charge in [0.2, 0.25) is 6.20 Å². The van der Waals surface area contributed by atoms with Crippen LogP contribution in [0.2, 0.25) is 0 Å². The molecule has 0 spiro atoms. The van der Waals surface area contributed by atoms with E-state index in [-0.39, 0.29) is 0 Å². The van der Waals surface area contributed by atoms with Crippen molar-refractivity contribution in [2.45, 2.75) is 6.92 Å². The minimum atomic E-state index is -0.494. The monoisotopic (exact) mass is 167 g/mol. The maximum Gasteiger partial charge on any atom is 0.235 e. The van der Waals surface area contributed by atoms with Gasteiger partial charge in [-0.2, -0.15) is 5.10 Å². The molecule has 0 fully saturated rings. The molecule has 5 nitrogen and oxygen atoms in total. The highest BCUT2D eigenvalue weighted by Crippen LogP contribution is 2.06. The standard InChI is InChI=1S/C7H9N3O2/c1-6-7(3-4-10(11)12)5-9(2)8-6/h3-5H,1-2H3. The molecule has 0 aliphatic heterocycles. The third kappa shape index (κ3) is 1.91. The van der Waals surface area contributed by atoms with Crippen molar-refractivity contribution in [2.75, 3.05) is 0 Å². The first-order valence-electron chi connectivity index (χ1n) is 3.41. The SMILES string of the molecule is Cc1nn(C)cc1C=C[N+](=O)[O-]. The zero-order valence-corrected chi connectivity index (χ0v) is 6.89. The summed E-state index contributed by atoms with van der Waals surface area (Å²) in [5, 5.41) is 14.0. The number of rotatable bonds is 2. The number of nitrogens with zero attached hydrogens (tertiary/aromatic N) is 3. The van der Waals surface area contributed by atoms with Crippen LogP contribution in [0, 0.1) is 17.0 Å². The second kappa shape index (κ2) is 3.17. The quantitative estimate of drug-likeness (QED) is 0.487. The van der Waals surface area contributed by atoms with E-state index in [1.165, 1.54) is 6.08 Å². The molecule has 0 aromatic carbocycles. The van der Waals surface area contributed by atoms with E-state index < -0.39 is 4.92 Å². The Bertz CT molecular complexity index is 327. The topological polar surface area (TPSA) is 61.0 Å². The van der Waals surface area contributed by atoms with Gasteiger partial charge < -0.3 is 0 Å². The lowest BCUT2D eigenvalue weighted by Gasteiger charge is -1.82. The molecule has 0 aliphatic carbocycles. The molecule has 1 heterocycles. The molecule has 1 rings (SSSR count). The highest BCUT2D eigenvalue weighted by molar-refractivity contribution is 5.49. The molecule has 0 saturated carbocycles. The molecule has 0 N–H and O–H groups in total.